The summed E-state index contributed by atoms with van der Waals surface area (Å²) >= 11 is 0. The zero-order chi connectivity index (χ0) is 17.1. The topological polar surface area (TPSA) is 79.2 Å². The van der Waals surface area contributed by atoms with Crippen molar-refractivity contribution in [2.24, 2.45) is 5.92 Å². The first kappa shape index (κ1) is 16.7. The standard InChI is InChI=1S/C18H24N4O2/c1-12-9-13(2)22(21-12)16-5-3-14(4-6-16)18(24)20-10-15-7-8-19-11-17(15)23/h3-6,9,15,17,19,23H,7-8,10-11H2,1-2H3,(H,20,24)/t15-,17+/m0/s1. The molecular formula is C18H24N4O2. The Morgan fingerprint density at radius 2 is 2.12 bits per heavy atom. The van der Waals surface area contributed by atoms with Crippen molar-refractivity contribution in [2.45, 2.75) is 26.4 Å². The van der Waals surface area contributed by atoms with Crippen LogP contribution in [0.4, 0.5) is 0 Å². The Morgan fingerprint density at radius 3 is 2.75 bits per heavy atom. The van der Waals surface area contributed by atoms with E-state index in [1.807, 2.05) is 36.7 Å². The molecule has 1 aliphatic rings. The maximum atomic E-state index is 12.3. The van der Waals surface area contributed by atoms with Crippen LogP contribution in [-0.2, 0) is 0 Å². The van der Waals surface area contributed by atoms with Crippen molar-refractivity contribution in [1.82, 2.24) is 20.4 Å². The van der Waals surface area contributed by atoms with Gasteiger partial charge in [-0.2, -0.15) is 5.10 Å². The molecule has 2 atom stereocenters. The van der Waals surface area contributed by atoms with Gasteiger partial charge in [-0.3, -0.25) is 4.79 Å². The SMILES string of the molecule is Cc1cc(C)n(-c2ccc(C(=O)NC[C@@H]3CCNC[C@H]3O)cc2)n1. The normalized spacial score (nSPS) is 20.8. The van der Waals surface area contributed by atoms with Crippen LogP contribution in [0.15, 0.2) is 30.3 Å². The van der Waals surface area contributed by atoms with E-state index >= 15 is 0 Å². The number of β-amino-alcohol motifs (C(OH)–C–C–N with tert-alkyl or cyclic N) is 1. The lowest BCUT2D eigenvalue weighted by atomic mass is 9.95. The fourth-order valence-corrected chi connectivity index (χ4v) is 3.10. The van der Waals surface area contributed by atoms with Gasteiger partial charge in [0, 0.05) is 30.3 Å². The number of piperidine rings is 1. The Labute approximate surface area is 141 Å². The molecule has 1 aromatic heterocycles. The van der Waals surface area contributed by atoms with E-state index in [1.54, 1.807) is 12.1 Å². The van der Waals surface area contributed by atoms with Gasteiger partial charge in [0.15, 0.2) is 0 Å². The second-order valence-electron chi connectivity index (χ2n) is 6.42. The Balaban J connectivity index is 1.62. The highest BCUT2D eigenvalue weighted by molar-refractivity contribution is 5.94. The van der Waals surface area contributed by atoms with Gasteiger partial charge < -0.3 is 15.7 Å². The number of hydrogen-bond acceptors (Lipinski definition) is 4. The predicted molar refractivity (Wildman–Crippen MR) is 92.4 cm³/mol. The molecule has 0 aliphatic carbocycles. The summed E-state index contributed by atoms with van der Waals surface area (Å²) in [6.07, 6.45) is 0.477. The molecule has 1 amide bonds. The first-order valence-electron chi connectivity index (χ1n) is 8.35. The average molecular weight is 328 g/mol. The second kappa shape index (κ2) is 7.15. The van der Waals surface area contributed by atoms with E-state index in [0.717, 1.165) is 30.0 Å². The number of carbonyl (C=O) groups excluding carboxylic acids is 1. The molecule has 0 radical (unpaired) electrons. The van der Waals surface area contributed by atoms with E-state index in [-0.39, 0.29) is 11.8 Å². The zero-order valence-corrected chi connectivity index (χ0v) is 14.1. The minimum absolute atomic E-state index is 0.111. The molecule has 3 N–H and O–H groups in total. The molecule has 24 heavy (non-hydrogen) atoms. The average Bonchev–Trinajstić information content (AvgIpc) is 2.92. The number of aliphatic hydroxyl groups is 1. The van der Waals surface area contributed by atoms with Crippen LogP contribution in [0.3, 0.4) is 0 Å². The van der Waals surface area contributed by atoms with Crippen molar-refractivity contribution in [3.05, 3.63) is 47.3 Å². The van der Waals surface area contributed by atoms with Crippen molar-refractivity contribution in [1.29, 1.82) is 0 Å². The van der Waals surface area contributed by atoms with Crippen molar-refractivity contribution in [3.63, 3.8) is 0 Å². The van der Waals surface area contributed by atoms with Crippen LogP contribution in [0.5, 0.6) is 0 Å². The zero-order valence-electron chi connectivity index (χ0n) is 14.1. The molecule has 1 aliphatic heterocycles. The number of carbonyl (C=O) groups is 1. The summed E-state index contributed by atoms with van der Waals surface area (Å²) in [6.45, 7) is 5.94. The molecule has 128 valence electrons. The number of rotatable bonds is 4. The number of benzene rings is 1. The summed E-state index contributed by atoms with van der Waals surface area (Å²) in [6, 6.07) is 9.42. The predicted octanol–water partition coefficient (Wildman–Crippen LogP) is 1.19. The van der Waals surface area contributed by atoms with Gasteiger partial charge in [0.1, 0.15) is 0 Å². The highest BCUT2D eigenvalue weighted by Gasteiger charge is 2.23. The summed E-state index contributed by atoms with van der Waals surface area (Å²) < 4.78 is 1.86. The molecule has 1 fully saturated rings. The Morgan fingerprint density at radius 1 is 1.38 bits per heavy atom. The smallest absolute Gasteiger partial charge is 0.251 e. The number of aromatic nitrogens is 2. The number of aryl methyl sites for hydroxylation is 2. The van der Waals surface area contributed by atoms with Gasteiger partial charge >= 0.3 is 0 Å². The lowest BCUT2D eigenvalue weighted by Gasteiger charge is -2.28. The second-order valence-corrected chi connectivity index (χ2v) is 6.42. The molecule has 2 aromatic rings. The van der Waals surface area contributed by atoms with E-state index in [2.05, 4.69) is 15.7 Å². The van der Waals surface area contributed by atoms with Crippen LogP contribution in [0.1, 0.15) is 28.2 Å². The van der Waals surface area contributed by atoms with Gasteiger partial charge in [0.2, 0.25) is 0 Å². The Bertz CT molecular complexity index is 708. The molecule has 6 nitrogen and oxygen atoms in total. The van der Waals surface area contributed by atoms with Crippen LogP contribution in [0.25, 0.3) is 5.69 Å². The van der Waals surface area contributed by atoms with Gasteiger partial charge in [-0.1, -0.05) is 0 Å². The lowest BCUT2D eigenvalue weighted by Crippen LogP contribution is -2.45. The first-order valence-corrected chi connectivity index (χ1v) is 8.35. The number of hydrogen-bond donors (Lipinski definition) is 3. The summed E-state index contributed by atoms with van der Waals surface area (Å²) in [5.41, 5.74) is 3.58. The quantitative estimate of drug-likeness (QED) is 0.788. The van der Waals surface area contributed by atoms with Crippen LogP contribution in [0, 0.1) is 19.8 Å². The minimum atomic E-state index is -0.396. The molecule has 2 heterocycles. The molecule has 6 heteroatoms. The van der Waals surface area contributed by atoms with Gasteiger partial charge in [-0.05, 0) is 57.1 Å². The number of nitrogens with one attached hydrogen (secondary N) is 2. The van der Waals surface area contributed by atoms with Gasteiger partial charge in [-0.25, -0.2) is 4.68 Å². The van der Waals surface area contributed by atoms with Crippen LogP contribution >= 0.6 is 0 Å². The van der Waals surface area contributed by atoms with E-state index < -0.39 is 6.10 Å². The molecule has 0 spiro atoms. The van der Waals surface area contributed by atoms with Crippen molar-refractivity contribution >= 4 is 5.91 Å². The number of aliphatic hydroxyl groups excluding tert-OH is 1. The lowest BCUT2D eigenvalue weighted by molar-refractivity contribution is 0.0753. The molecule has 1 saturated heterocycles. The van der Waals surface area contributed by atoms with E-state index in [0.29, 0.717) is 18.7 Å². The largest absolute Gasteiger partial charge is 0.391 e. The van der Waals surface area contributed by atoms with Crippen LogP contribution in [0.2, 0.25) is 0 Å². The van der Waals surface area contributed by atoms with E-state index in [9.17, 15) is 9.90 Å². The van der Waals surface area contributed by atoms with Crippen LogP contribution in [-0.4, -0.2) is 46.5 Å². The summed E-state index contributed by atoms with van der Waals surface area (Å²) in [5.74, 6) is 0.00447. The molecule has 0 unspecified atom stereocenters. The highest BCUT2D eigenvalue weighted by Crippen LogP contribution is 2.14. The number of amides is 1. The first-order chi connectivity index (χ1) is 11.5. The highest BCUT2D eigenvalue weighted by atomic mass is 16.3. The maximum absolute atomic E-state index is 12.3. The molecule has 0 saturated carbocycles. The Kier molecular flexibility index (Phi) is 4.97. The fourth-order valence-electron chi connectivity index (χ4n) is 3.10. The minimum Gasteiger partial charge on any atom is -0.391 e. The number of nitrogens with zero attached hydrogens (tertiary/aromatic N) is 2. The summed E-state index contributed by atoms with van der Waals surface area (Å²) in [4.78, 5) is 12.3. The molecule has 3 rings (SSSR count). The third kappa shape index (κ3) is 3.66. The van der Waals surface area contributed by atoms with E-state index in [4.69, 9.17) is 0 Å². The van der Waals surface area contributed by atoms with Crippen molar-refractivity contribution in [3.8, 4) is 5.69 Å². The maximum Gasteiger partial charge on any atom is 0.251 e. The fraction of sp³-hybridized carbons (Fsp3) is 0.444. The summed E-state index contributed by atoms with van der Waals surface area (Å²) in [7, 11) is 0. The molecule has 1 aromatic carbocycles. The van der Waals surface area contributed by atoms with Gasteiger partial charge in [-0.15, -0.1) is 0 Å². The third-order valence-electron chi connectivity index (χ3n) is 4.50. The van der Waals surface area contributed by atoms with E-state index in [1.165, 1.54) is 0 Å². The van der Waals surface area contributed by atoms with Gasteiger partial charge in [0.25, 0.3) is 5.91 Å². The van der Waals surface area contributed by atoms with Crippen LogP contribution < -0.4 is 10.6 Å². The molecule has 0 bridgehead atoms. The Hall–Kier alpha value is -2.18. The summed E-state index contributed by atoms with van der Waals surface area (Å²) in [5, 5.41) is 20.4. The monoisotopic (exact) mass is 328 g/mol. The van der Waals surface area contributed by atoms with Crippen molar-refractivity contribution < 1.29 is 9.90 Å². The van der Waals surface area contributed by atoms with Crippen molar-refractivity contribution in [2.75, 3.05) is 19.6 Å². The molecular weight excluding hydrogens is 304 g/mol. The van der Waals surface area contributed by atoms with Gasteiger partial charge in [0.05, 0.1) is 17.5 Å². The third-order valence-corrected chi connectivity index (χ3v) is 4.50.